The molecule has 1 unspecified atom stereocenters. The van der Waals surface area contributed by atoms with Crippen molar-refractivity contribution in [3.8, 4) is 0 Å². The molecule has 0 radical (unpaired) electrons. The van der Waals surface area contributed by atoms with Crippen LogP contribution in [0.3, 0.4) is 0 Å². The lowest BCUT2D eigenvalue weighted by molar-refractivity contribution is -0.384. The fourth-order valence-electron chi connectivity index (χ4n) is 2.58. The Morgan fingerprint density at radius 2 is 2.28 bits per heavy atom. The van der Waals surface area contributed by atoms with Gasteiger partial charge in [0.1, 0.15) is 6.20 Å². The van der Waals surface area contributed by atoms with Crippen molar-refractivity contribution in [2.45, 2.75) is 31.3 Å². The Kier molecular flexibility index (Phi) is 2.70. The molecule has 1 aromatic heterocycles. The molecule has 1 aliphatic heterocycles. The molecule has 1 N–H and O–H groups in total. The number of nitrogens with zero attached hydrogens (tertiary/aromatic N) is 4. The van der Waals surface area contributed by atoms with E-state index in [1.807, 2.05) is 0 Å². The second-order valence-electron chi connectivity index (χ2n) is 5.15. The summed E-state index contributed by atoms with van der Waals surface area (Å²) in [6, 6.07) is 1.04. The summed E-state index contributed by atoms with van der Waals surface area (Å²) < 4.78 is 1.48. The maximum Gasteiger partial charge on any atom is 0.330 e. The minimum Gasteiger partial charge on any atom is -0.359 e. The molecule has 0 aromatic carbocycles. The van der Waals surface area contributed by atoms with E-state index in [4.69, 9.17) is 0 Å². The molecular formula is C11H17N5O2. The van der Waals surface area contributed by atoms with Crippen LogP contribution in [0, 0.1) is 10.1 Å². The van der Waals surface area contributed by atoms with E-state index in [9.17, 15) is 10.1 Å². The molecule has 2 heterocycles. The van der Waals surface area contributed by atoms with E-state index < -0.39 is 0 Å². The Balaban J connectivity index is 1.67. The number of rotatable bonds is 4. The molecule has 1 aromatic rings. The van der Waals surface area contributed by atoms with Crippen molar-refractivity contribution in [1.29, 1.82) is 0 Å². The average molecular weight is 251 g/mol. The highest BCUT2D eigenvalue weighted by Gasteiger charge is 2.35. The first kappa shape index (κ1) is 11.5. The van der Waals surface area contributed by atoms with Crippen molar-refractivity contribution in [2.75, 3.05) is 18.4 Å². The maximum absolute atomic E-state index is 10.9. The third-order valence-electron chi connectivity index (χ3n) is 3.63. The summed E-state index contributed by atoms with van der Waals surface area (Å²) >= 11 is 0. The highest BCUT2D eigenvalue weighted by Crippen LogP contribution is 2.31. The van der Waals surface area contributed by atoms with Gasteiger partial charge in [-0.25, -0.2) is 0 Å². The monoisotopic (exact) mass is 251 g/mol. The second-order valence-corrected chi connectivity index (χ2v) is 5.15. The van der Waals surface area contributed by atoms with E-state index in [0.29, 0.717) is 5.82 Å². The van der Waals surface area contributed by atoms with Crippen LogP contribution in [0.5, 0.6) is 0 Å². The predicted octanol–water partition coefficient (Wildman–Crippen LogP) is 0.977. The van der Waals surface area contributed by atoms with E-state index in [1.54, 1.807) is 7.05 Å². The molecule has 0 spiro atoms. The zero-order valence-corrected chi connectivity index (χ0v) is 10.4. The van der Waals surface area contributed by atoms with Gasteiger partial charge in [-0.15, -0.1) is 5.10 Å². The summed E-state index contributed by atoms with van der Waals surface area (Å²) in [5, 5.41) is 18.2. The van der Waals surface area contributed by atoms with Crippen LogP contribution in [0.4, 0.5) is 11.5 Å². The first-order valence-corrected chi connectivity index (χ1v) is 6.32. The highest BCUT2D eigenvalue weighted by atomic mass is 16.6. The lowest BCUT2D eigenvalue weighted by atomic mass is 10.2. The largest absolute Gasteiger partial charge is 0.359 e. The standard InChI is InChI=1S/C11H17N5O2/c1-14-7-10(16(17)18)11(13-14)12-8-4-5-15(6-8)9-2-3-9/h7-9H,2-6H2,1H3,(H,12,13). The summed E-state index contributed by atoms with van der Waals surface area (Å²) in [5.74, 6) is 0.394. The molecule has 7 nitrogen and oxygen atoms in total. The summed E-state index contributed by atoms with van der Waals surface area (Å²) in [6.45, 7) is 2.06. The number of anilines is 1. The van der Waals surface area contributed by atoms with Crippen LogP contribution in [0.1, 0.15) is 19.3 Å². The van der Waals surface area contributed by atoms with Gasteiger partial charge in [0.2, 0.25) is 5.82 Å². The SMILES string of the molecule is Cn1cc([N+](=O)[O-])c(NC2CCN(C3CC3)C2)n1. The van der Waals surface area contributed by atoms with Crippen molar-refractivity contribution in [1.82, 2.24) is 14.7 Å². The second kappa shape index (κ2) is 4.24. The summed E-state index contributed by atoms with van der Waals surface area (Å²) in [4.78, 5) is 13.0. The van der Waals surface area contributed by atoms with Gasteiger partial charge in [-0.05, 0) is 19.3 Å². The van der Waals surface area contributed by atoms with Gasteiger partial charge >= 0.3 is 5.69 Å². The van der Waals surface area contributed by atoms with Crippen molar-refractivity contribution in [3.05, 3.63) is 16.3 Å². The molecule has 2 aliphatic rings. The van der Waals surface area contributed by atoms with E-state index in [0.717, 1.165) is 25.6 Å². The van der Waals surface area contributed by atoms with Gasteiger partial charge in [-0.2, -0.15) is 0 Å². The van der Waals surface area contributed by atoms with E-state index >= 15 is 0 Å². The molecule has 1 saturated heterocycles. The van der Waals surface area contributed by atoms with Crippen LogP contribution in [-0.4, -0.2) is 44.8 Å². The minimum absolute atomic E-state index is 0.0578. The van der Waals surface area contributed by atoms with Gasteiger partial charge in [0, 0.05) is 32.2 Å². The van der Waals surface area contributed by atoms with Gasteiger partial charge in [0.15, 0.2) is 0 Å². The number of aryl methyl sites for hydroxylation is 1. The van der Waals surface area contributed by atoms with Crippen LogP contribution in [-0.2, 0) is 7.05 Å². The van der Waals surface area contributed by atoms with Crippen LogP contribution < -0.4 is 5.32 Å². The molecule has 1 atom stereocenters. The molecule has 0 bridgehead atoms. The topological polar surface area (TPSA) is 76.2 Å². The lowest BCUT2D eigenvalue weighted by Crippen LogP contribution is -2.28. The summed E-state index contributed by atoms with van der Waals surface area (Å²) in [6.07, 6.45) is 5.08. The highest BCUT2D eigenvalue weighted by molar-refractivity contribution is 5.55. The molecule has 98 valence electrons. The van der Waals surface area contributed by atoms with Gasteiger partial charge < -0.3 is 5.32 Å². The first-order chi connectivity index (χ1) is 8.63. The Labute approximate surface area is 105 Å². The number of aromatic nitrogens is 2. The Bertz CT molecular complexity index is 468. The van der Waals surface area contributed by atoms with Crippen molar-refractivity contribution in [3.63, 3.8) is 0 Å². The molecule has 18 heavy (non-hydrogen) atoms. The van der Waals surface area contributed by atoms with E-state index in [-0.39, 0.29) is 16.7 Å². The first-order valence-electron chi connectivity index (χ1n) is 6.32. The lowest BCUT2D eigenvalue weighted by Gasteiger charge is -2.15. The zero-order chi connectivity index (χ0) is 12.7. The van der Waals surface area contributed by atoms with Gasteiger partial charge in [-0.3, -0.25) is 19.7 Å². The van der Waals surface area contributed by atoms with Crippen molar-refractivity contribution >= 4 is 11.5 Å². The Morgan fingerprint density at radius 1 is 1.50 bits per heavy atom. The molecule has 1 aliphatic carbocycles. The molecule has 2 fully saturated rings. The number of hydrogen-bond donors (Lipinski definition) is 1. The predicted molar refractivity (Wildman–Crippen MR) is 66.5 cm³/mol. The third-order valence-corrected chi connectivity index (χ3v) is 3.63. The van der Waals surface area contributed by atoms with Crippen molar-refractivity contribution in [2.24, 2.45) is 7.05 Å². The normalized spacial score (nSPS) is 24.4. The molecular weight excluding hydrogens is 234 g/mol. The number of nitrogens with one attached hydrogen (secondary N) is 1. The number of hydrogen-bond acceptors (Lipinski definition) is 5. The molecule has 7 heteroatoms. The van der Waals surface area contributed by atoms with Crippen LogP contribution in [0.15, 0.2) is 6.20 Å². The number of nitro groups is 1. The summed E-state index contributed by atoms with van der Waals surface area (Å²) in [7, 11) is 1.70. The average Bonchev–Trinajstić information content (AvgIpc) is 2.95. The summed E-state index contributed by atoms with van der Waals surface area (Å²) in [5.41, 5.74) is 0.0578. The van der Waals surface area contributed by atoms with Crippen LogP contribution in [0.2, 0.25) is 0 Å². The maximum atomic E-state index is 10.9. The Morgan fingerprint density at radius 3 is 2.94 bits per heavy atom. The van der Waals surface area contributed by atoms with Crippen LogP contribution in [0.25, 0.3) is 0 Å². The van der Waals surface area contributed by atoms with Crippen molar-refractivity contribution < 1.29 is 4.92 Å². The quantitative estimate of drug-likeness (QED) is 0.637. The smallest absolute Gasteiger partial charge is 0.330 e. The fourth-order valence-corrected chi connectivity index (χ4v) is 2.58. The van der Waals surface area contributed by atoms with Crippen LogP contribution >= 0.6 is 0 Å². The van der Waals surface area contributed by atoms with Gasteiger partial charge in [-0.1, -0.05) is 0 Å². The van der Waals surface area contributed by atoms with Gasteiger partial charge in [0.05, 0.1) is 4.92 Å². The zero-order valence-electron chi connectivity index (χ0n) is 10.4. The van der Waals surface area contributed by atoms with E-state index in [1.165, 1.54) is 23.7 Å². The van der Waals surface area contributed by atoms with E-state index in [2.05, 4.69) is 15.3 Å². The molecule has 1 saturated carbocycles. The molecule has 0 amide bonds. The third kappa shape index (κ3) is 2.17. The molecule has 3 rings (SSSR count). The number of likely N-dealkylation sites (tertiary alicyclic amines) is 1. The fraction of sp³-hybridized carbons (Fsp3) is 0.727. The minimum atomic E-state index is -0.386. The van der Waals surface area contributed by atoms with Gasteiger partial charge in [0.25, 0.3) is 0 Å². The Hall–Kier alpha value is -1.63.